The summed E-state index contributed by atoms with van der Waals surface area (Å²) in [5, 5.41) is 11.3. The molecule has 0 unspecified atom stereocenters. The van der Waals surface area contributed by atoms with Gasteiger partial charge in [-0.05, 0) is 18.7 Å². The minimum absolute atomic E-state index is 0.477. The Bertz CT molecular complexity index is 642. The zero-order valence-electron chi connectivity index (χ0n) is 13.6. The van der Waals surface area contributed by atoms with Crippen LogP contribution in [0.15, 0.2) is 30.5 Å². The van der Waals surface area contributed by atoms with Crippen molar-refractivity contribution in [1.82, 2.24) is 20.1 Å². The normalized spacial score (nSPS) is 15.5. The molecule has 2 heterocycles. The Morgan fingerprint density at radius 2 is 1.96 bits per heavy atom. The Balaban J connectivity index is 1.73. The van der Waals surface area contributed by atoms with Gasteiger partial charge in [0.25, 0.3) is 0 Å². The van der Waals surface area contributed by atoms with E-state index in [1.165, 1.54) is 0 Å². The summed E-state index contributed by atoms with van der Waals surface area (Å²) in [6.07, 6.45) is 1.72. The third-order valence-electron chi connectivity index (χ3n) is 4.04. The SMILES string of the molecule is CCN1CCN(c2cnnc(Nc3ccccc3OC)n2)CC1. The van der Waals surface area contributed by atoms with Crippen LogP contribution in [0.1, 0.15) is 6.92 Å². The van der Waals surface area contributed by atoms with Gasteiger partial charge in [-0.15, -0.1) is 5.10 Å². The maximum absolute atomic E-state index is 5.33. The van der Waals surface area contributed by atoms with E-state index in [9.17, 15) is 0 Å². The predicted molar refractivity (Wildman–Crippen MR) is 90.4 cm³/mol. The molecule has 0 atom stereocenters. The monoisotopic (exact) mass is 314 g/mol. The van der Waals surface area contributed by atoms with Crippen LogP contribution in [0.4, 0.5) is 17.5 Å². The van der Waals surface area contributed by atoms with E-state index in [0.29, 0.717) is 5.95 Å². The maximum atomic E-state index is 5.33. The number of methoxy groups -OCH3 is 1. The third kappa shape index (κ3) is 3.68. The summed E-state index contributed by atoms with van der Waals surface area (Å²) in [4.78, 5) is 9.26. The van der Waals surface area contributed by atoms with Crippen molar-refractivity contribution >= 4 is 17.5 Å². The van der Waals surface area contributed by atoms with Crippen molar-refractivity contribution in [2.75, 3.05) is 50.1 Å². The quantitative estimate of drug-likeness (QED) is 0.902. The van der Waals surface area contributed by atoms with Gasteiger partial charge >= 0.3 is 0 Å². The highest BCUT2D eigenvalue weighted by Crippen LogP contribution is 2.25. The Morgan fingerprint density at radius 1 is 1.17 bits per heavy atom. The van der Waals surface area contributed by atoms with E-state index < -0.39 is 0 Å². The standard InChI is InChI=1S/C16H22N6O/c1-3-21-8-10-22(11-9-21)15-12-17-20-16(19-15)18-13-6-4-5-7-14(13)23-2/h4-7,12H,3,8-11H2,1-2H3,(H,18,19,20). The first-order valence-electron chi connectivity index (χ1n) is 7.87. The largest absolute Gasteiger partial charge is 0.495 e. The number of nitrogens with one attached hydrogen (secondary N) is 1. The van der Waals surface area contributed by atoms with Crippen molar-refractivity contribution in [3.63, 3.8) is 0 Å². The molecule has 7 heteroatoms. The van der Waals surface area contributed by atoms with Gasteiger partial charge in [0.15, 0.2) is 5.82 Å². The Morgan fingerprint density at radius 3 is 2.70 bits per heavy atom. The second kappa shape index (κ2) is 7.23. The third-order valence-corrected chi connectivity index (χ3v) is 4.04. The van der Waals surface area contributed by atoms with Crippen LogP contribution in [0, 0.1) is 0 Å². The molecular formula is C16H22N6O. The van der Waals surface area contributed by atoms with Gasteiger partial charge in [-0.1, -0.05) is 19.1 Å². The smallest absolute Gasteiger partial charge is 0.249 e. The molecule has 23 heavy (non-hydrogen) atoms. The summed E-state index contributed by atoms with van der Waals surface area (Å²) < 4.78 is 5.33. The molecule has 0 saturated carbocycles. The average molecular weight is 314 g/mol. The molecule has 0 amide bonds. The number of piperazine rings is 1. The van der Waals surface area contributed by atoms with Gasteiger partial charge in [0.05, 0.1) is 19.0 Å². The Hall–Kier alpha value is -2.41. The topological polar surface area (TPSA) is 66.4 Å². The Kier molecular flexibility index (Phi) is 4.87. The molecule has 2 aromatic rings. The number of likely N-dealkylation sites (N-methyl/N-ethyl adjacent to an activating group) is 1. The van der Waals surface area contributed by atoms with E-state index in [2.05, 4.69) is 37.2 Å². The molecule has 1 aliphatic heterocycles. The van der Waals surface area contributed by atoms with Crippen LogP contribution in [0.3, 0.4) is 0 Å². The summed E-state index contributed by atoms with van der Waals surface area (Å²) in [5.41, 5.74) is 0.824. The number of nitrogens with zero attached hydrogens (tertiary/aromatic N) is 5. The molecule has 3 rings (SSSR count). The molecule has 122 valence electrons. The van der Waals surface area contributed by atoms with Crippen molar-refractivity contribution in [3.05, 3.63) is 30.5 Å². The van der Waals surface area contributed by atoms with E-state index in [1.54, 1.807) is 13.3 Å². The fourth-order valence-corrected chi connectivity index (χ4v) is 2.66. The lowest BCUT2D eigenvalue weighted by atomic mass is 10.3. The van der Waals surface area contributed by atoms with E-state index in [0.717, 1.165) is 50.0 Å². The van der Waals surface area contributed by atoms with Crippen LogP contribution < -0.4 is 15.0 Å². The fourth-order valence-electron chi connectivity index (χ4n) is 2.66. The van der Waals surface area contributed by atoms with Crippen LogP contribution in [-0.4, -0.2) is 59.9 Å². The van der Waals surface area contributed by atoms with Crippen LogP contribution in [-0.2, 0) is 0 Å². The number of anilines is 3. The number of hydrogen-bond donors (Lipinski definition) is 1. The average Bonchev–Trinajstić information content (AvgIpc) is 2.62. The summed E-state index contributed by atoms with van der Waals surface area (Å²) in [5.74, 6) is 2.08. The van der Waals surface area contributed by atoms with Crippen molar-refractivity contribution in [2.24, 2.45) is 0 Å². The van der Waals surface area contributed by atoms with E-state index in [1.807, 2.05) is 24.3 Å². The zero-order valence-corrected chi connectivity index (χ0v) is 13.6. The van der Waals surface area contributed by atoms with E-state index in [4.69, 9.17) is 4.74 Å². The Labute approximate surface area is 136 Å². The molecule has 7 nitrogen and oxygen atoms in total. The highest BCUT2D eigenvalue weighted by molar-refractivity contribution is 5.62. The van der Waals surface area contributed by atoms with Gasteiger partial charge in [0.1, 0.15) is 5.75 Å². The van der Waals surface area contributed by atoms with E-state index >= 15 is 0 Å². The summed E-state index contributed by atoms with van der Waals surface area (Å²) in [6, 6.07) is 7.68. The molecular weight excluding hydrogens is 292 g/mol. The van der Waals surface area contributed by atoms with Gasteiger partial charge in [0, 0.05) is 26.2 Å². The highest BCUT2D eigenvalue weighted by Gasteiger charge is 2.17. The van der Waals surface area contributed by atoms with Crippen LogP contribution in [0.5, 0.6) is 5.75 Å². The first-order chi connectivity index (χ1) is 11.3. The first-order valence-corrected chi connectivity index (χ1v) is 7.87. The van der Waals surface area contributed by atoms with Crippen molar-refractivity contribution in [1.29, 1.82) is 0 Å². The molecule has 1 aromatic carbocycles. The van der Waals surface area contributed by atoms with Gasteiger partial charge in [0.2, 0.25) is 5.95 Å². The maximum Gasteiger partial charge on any atom is 0.249 e. The van der Waals surface area contributed by atoms with Crippen LogP contribution in [0.25, 0.3) is 0 Å². The lowest BCUT2D eigenvalue weighted by Gasteiger charge is -2.34. The van der Waals surface area contributed by atoms with Gasteiger partial charge in [-0.2, -0.15) is 10.1 Å². The molecule has 1 N–H and O–H groups in total. The van der Waals surface area contributed by atoms with Gasteiger partial charge < -0.3 is 19.9 Å². The zero-order chi connectivity index (χ0) is 16.1. The second-order valence-electron chi connectivity index (χ2n) is 5.38. The summed E-state index contributed by atoms with van der Waals surface area (Å²) >= 11 is 0. The molecule has 0 spiro atoms. The summed E-state index contributed by atoms with van der Waals surface area (Å²) in [6.45, 7) is 7.31. The minimum atomic E-state index is 0.477. The molecule has 1 saturated heterocycles. The fraction of sp³-hybridized carbons (Fsp3) is 0.438. The molecule has 1 fully saturated rings. The molecule has 1 aromatic heterocycles. The van der Waals surface area contributed by atoms with Crippen molar-refractivity contribution < 1.29 is 4.74 Å². The van der Waals surface area contributed by atoms with Crippen LogP contribution >= 0.6 is 0 Å². The molecule has 1 aliphatic rings. The van der Waals surface area contributed by atoms with E-state index in [-0.39, 0.29) is 0 Å². The number of para-hydroxylation sites is 2. The predicted octanol–water partition coefficient (Wildman–Crippen LogP) is 1.77. The number of rotatable bonds is 5. The van der Waals surface area contributed by atoms with Crippen LogP contribution in [0.2, 0.25) is 0 Å². The lowest BCUT2D eigenvalue weighted by molar-refractivity contribution is 0.270. The number of aromatic nitrogens is 3. The number of ether oxygens (including phenoxy) is 1. The highest BCUT2D eigenvalue weighted by atomic mass is 16.5. The number of hydrogen-bond acceptors (Lipinski definition) is 7. The summed E-state index contributed by atoms with van der Waals surface area (Å²) in [7, 11) is 1.64. The first kappa shape index (κ1) is 15.5. The second-order valence-corrected chi connectivity index (χ2v) is 5.38. The lowest BCUT2D eigenvalue weighted by Crippen LogP contribution is -2.46. The van der Waals surface area contributed by atoms with Gasteiger partial charge in [-0.25, -0.2) is 0 Å². The molecule has 0 bridgehead atoms. The van der Waals surface area contributed by atoms with Crippen molar-refractivity contribution in [2.45, 2.75) is 6.92 Å². The number of benzene rings is 1. The molecule has 0 radical (unpaired) electrons. The van der Waals surface area contributed by atoms with Gasteiger partial charge in [-0.3, -0.25) is 0 Å². The molecule has 0 aliphatic carbocycles. The van der Waals surface area contributed by atoms with Crippen molar-refractivity contribution in [3.8, 4) is 5.75 Å². The minimum Gasteiger partial charge on any atom is -0.495 e.